The number of nitrogens with one attached hydrogen (secondary N) is 1. The van der Waals surface area contributed by atoms with Crippen LogP contribution in [0.25, 0.3) is 0 Å². The van der Waals surface area contributed by atoms with Crippen LogP contribution in [0, 0.1) is 17.5 Å². The maximum Gasteiger partial charge on any atom is 0.224 e. The number of hydrogen-bond donors (Lipinski definition) is 1. The van der Waals surface area contributed by atoms with E-state index in [9.17, 15) is 18.0 Å². The van der Waals surface area contributed by atoms with Crippen molar-refractivity contribution in [2.24, 2.45) is 7.05 Å². The predicted octanol–water partition coefficient (Wildman–Crippen LogP) is 1.74. The fourth-order valence-electron chi connectivity index (χ4n) is 1.89. The molecule has 0 fully saturated rings. The smallest absolute Gasteiger partial charge is 0.224 e. The highest BCUT2D eigenvalue weighted by Gasteiger charge is 2.13. The van der Waals surface area contributed by atoms with Gasteiger partial charge in [0.25, 0.3) is 0 Å². The molecule has 1 N–H and O–H groups in total. The highest BCUT2D eigenvalue weighted by molar-refractivity contribution is 5.78. The van der Waals surface area contributed by atoms with Crippen LogP contribution >= 0.6 is 0 Å². The number of imidazole rings is 1. The van der Waals surface area contributed by atoms with E-state index in [1.165, 1.54) is 0 Å². The number of rotatable bonds is 5. The molecule has 0 saturated carbocycles. The van der Waals surface area contributed by atoms with E-state index in [2.05, 4.69) is 10.3 Å². The molecule has 1 aromatic heterocycles. The highest BCUT2D eigenvalue weighted by atomic mass is 19.2. The van der Waals surface area contributed by atoms with Gasteiger partial charge in [-0.1, -0.05) is 0 Å². The van der Waals surface area contributed by atoms with Crippen LogP contribution in [0.2, 0.25) is 0 Å². The number of amides is 1. The van der Waals surface area contributed by atoms with Gasteiger partial charge in [-0.3, -0.25) is 4.79 Å². The summed E-state index contributed by atoms with van der Waals surface area (Å²) in [6.45, 7) is 0.351. The molecule has 0 aliphatic heterocycles. The summed E-state index contributed by atoms with van der Waals surface area (Å²) in [5, 5.41) is 2.60. The number of carbonyl (C=O) groups excluding carboxylic acids is 1. The second-order valence-electron chi connectivity index (χ2n) is 4.63. The van der Waals surface area contributed by atoms with Crippen LogP contribution < -0.4 is 5.32 Å². The zero-order valence-electron chi connectivity index (χ0n) is 11.4. The lowest BCUT2D eigenvalue weighted by molar-refractivity contribution is -0.120. The number of nitrogens with zero attached hydrogens (tertiary/aromatic N) is 2. The molecule has 0 aliphatic rings. The third kappa shape index (κ3) is 3.84. The maximum absolute atomic E-state index is 13.4. The summed E-state index contributed by atoms with van der Waals surface area (Å²) in [7, 11) is 1.83. The fourth-order valence-corrected chi connectivity index (χ4v) is 1.89. The van der Waals surface area contributed by atoms with Crippen LogP contribution in [0.5, 0.6) is 0 Å². The highest BCUT2D eigenvalue weighted by Crippen LogP contribution is 2.14. The predicted molar refractivity (Wildman–Crippen MR) is 69.9 cm³/mol. The van der Waals surface area contributed by atoms with Crippen LogP contribution in [0.1, 0.15) is 11.3 Å². The molecule has 2 rings (SSSR count). The average molecular weight is 297 g/mol. The molecular formula is C14H14F3N3O. The Morgan fingerprint density at radius 3 is 2.62 bits per heavy atom. The monoisotopic (exact) mass is 297 g/mol. The van der Waals surface area contributed by atoms with Crippen LogP contribution in [0.4, 0.5) is 13.2 Å². The van der Waals surface area contributed by atoms with Crippen molar-refractivity contribution in [3.05, 3.63) is 53.4 Å². The number of hydrogen-bond acceptors (Lipinski definition) is 2. The van der Waals surface area contributed by atoms with Crippen molar-refractivity contribution in [3.63, 3.8) is 0 Å². The molecule has 0 unspecified atom stereocenters. The van der Waals surface area contributed by atoms with Gasteiger partial charge in [-0.15, -0.1) is 0 Å². The fraction of sp³-hybridized carbons (Fsp3) is 0.286. The van der Waals surface area contributed by atoms with Crippen molar-refractivity contribution in [1.82, 2.24) is 14.9 Å². The summed E-state index contributed by atoms with van der Waals surface area (Å²) in [6, 6.07) is 1.14. The molecule has 0 atom stereocenters. The molecule has 1 amide bonds. The zero-order chi connectivity index (χ0) is 15.4. The third-order valence-electron chi connectivity index (χ3n) is 3.06. The molecule has 0 bridgehead atoms. The zero-order valence-corrected chi connectivity index (χ0v) is 11.4. The molecule has 0 radical (unpaired) electrons. The first-order valence-corrected chi connectivity index (χ1v) is 6.32. The topological polar surface area (TPSA) is 46.9 Å². The van der Waals surface area contributed by atoms with Gasteiger partial charge in [0.15, 0.2) is 11.6 Å². The normalized spacial score (nSPS) is 10.7. The van der Waals surface area contributed by atoms with E-state index in [1.807, 2.05) is 11.6 Å². The van der Waals surface area contributed by atoms with Gasteiger partial charge in [0.2, 0.25) is 5.91 Å². The van der Waals surface area contributed by atoms with Gasteiger partial charge in [0.05, 0.1) is 12.7 Å². The second kappa shape index (κ2) is 6.43. The standard InChI is InChI=1S/C14H14F3N3O/c1-20-8-18-7-10(20)2-3-19-14(21)5-9-4-12(16)13(17)6-11(9)15/h4,6-8H,2-3,5H2,1H3,(H,19,21). The summed E-state index contributed by atoms with van der Waals surface area (Å²) in [5.41, 5.74) is 0.765. The maximum atomic E-state index is 13.4. The lowest BCUT2D eigenvalue weighted by Crippen LogP contribution is -2.28. The first kappa shape index (κ1) is 15.1. The van der Waals surface area contributed by atoms with Crippen molar-refractivity contribution in [1.29, 1.82) is 0 Å². The summed E-state index contributed by atoms with van der Waals surface area (Å²) >= 11 is 0. The van der Waals surface area contributed by atoms with Gasteiger partial charge in [-0.2, -0.15) is 0 Å². The first-order valence-electron chi connectivity index (χ1n) is 6.32. The van der Waals surface area contributed by atoms with Gasteiger partial charge < -0.3 is 9.88 Å². The molecule has 112 valence electrons. The Morgan fingerprint density at radius 1 is 1.24 bits per heavy atom. The molecule has 0 spiro atoms. The van der Waals surface area contributed by atoms with Crippen LogP contribution in [-0.4, -0.2) is 22.0 Å². The second-order valence-corrected chi connectivity index (χ2v) is 4.63. The number of aryl methyl sites for hydroxylation is 1. The third-order valence-corrected chi connectivity index (χ3v) is 3.06. The summed E-state index contributed by atoms with van der Waals surface area (Å²) in [6.07, 6.45) is 3.56. The summed E-state index contributed by atoms with van der Waals surface area (Å²) in [5.74, 6) is -3.83. The summed E-state index contributed by atoms with van der Waals surface area (Å²) in [4.78, 5) is 15.6. The molecule has 0 saturated heterocycles. The van der Waals surface area contributed by atoms with Crippen LogP contribution in [0.15, 0.2) is 24.7 Å². The minimum absolute atomic E-state index is 0.174. The van der Waals surface area contributed by atoms with Gasteiger partial charge in [-0.05, 0) is 6.07 Å². The Hall–Kier alpha value is -2.31. The quantitative estimate of drug-likeness (QED) is 0.855. The van der Waals surface area contributed by atoms with E-state index >= 15 is 0 Å². The first-order chi connectivity index (χ1) is 9.97. The van der Waals surface area contributed by atoms with Crippen molar-refractivity contribution < 1.29 is 18.0 Å². The van der Waals surface area contributed by atoms with Crippen molar-refractivity contribution in [2.75, 3.05) is 6.54 Å². The molecule has 21 heavy (non-hydrogen) atoms. The Bertz CT molecular complexity index is 655. The summed E-state index contributed by atoms with van der Waals surface area (Å²) < 4.78 is 41.0. The van der Waals surface area contributed by atoms with Crippen LogP contribution in [0.3, 0.4) is 0 Å². The molecular weight excluding hydrogens is 283 g/mol. The largest absolute Gasteiger partial charge is 0.355 e. The molecule has 1 heterocycles. The number of aromatic nitrogens is 2. The van der Waals surface area contributed by atoms with E-state index in [0.29, 0.717) is 25.1 Å². The molecule has 0 aliphatic carbocycles. The van der Waals surface area contributed by atoms with E-state index in [1.54, 1.807) is 12.5 Å². The Labute approximate surface area is 119 Å². The van der Waals surface area contributed by atoms with Crippen LogP contribution in [-0.2, 0) is 24.7 Å². The molecule has 4 nitrogen and oxygen atoms in total. The van der Waals surface area contributed by atoms with Gasteiger partial charge in [0.1, 0.15) is 5.82 Å². The number of carbonyl (C=O) groups is 1. The van der Waals surface area contributed by atoms with E-state index in [0.717, 1.165) is 5.69 Å². The van der Waals surface area contributed by atoms with Crippen molar-refractivity contribution in [2.45, 2.75) is 12.8 Å². The van der Waals surface area contributed by atoms with Gasteiger partial charge >= 0.3 is 0 Å². The molecule has 7 heteroatoms. The van der Waals surface area contributed by atoms with E-state index in [4.69, 9.17) is 0 Å². The van der Waals surface area contributed by atoms with Crippen molar-refractivity contribution in [3.8, 4) is 0 Å². The lowest BCUT2D eigenvalue weighted by Gasteiger charge is -2.07. The lowest BCUT2D eigenvalue weighted by atomic mass is 10.1. The molecule has 2 aromatic rings. The minimum Gasteiger partial charge on any atom is -0.355 e. The average Bonchev–Trinajstić information content (AvgIpc) is 2.82. The number of benzene rings is 1. The van der Waals surface area contributed by atoms with Gasteiger partial charge in [-0.25, -0.2) is 18.2 Å². The van der Waals surface area contributed by atoms with E-state index in [-0.39, 0.29) is 12.0 Å². The minimum atomic E-state index is -1.27. The SMILES string of the molecule is Cn1cncc1CCNC(=O)Cc1cc(F)c(F)cc1F. The Balaban J connectivity index is 1.87. The van der Waals surface area contributed by atoms with E-state index < -0.39 is 23.4 Å². The number of halogens is 3. The van der Waals surface area contributed by atoms with Gasteiger partial charge in [0, 0.05) is 43.5 Å². The molecule has 1 aromatic carbocycles. The van der Waals surface area contributed by atoms with Crippen molar-refractivity contribution >= 4 is 5.91 Å². The Kier molecular flexibility index (Phi) is 4.62. The Morgan fingerprint density at radius 2 is 1.95 bits per heavy atom.